The van der Waals surface area contributed by atoms with E-state index in [1.807, 2.05) is 30.3 Å². The summed E-state index contributed by atoms with van der Waals surface area (Å²) in [6.07, 6.45) is 0. The van der Waals surface area contributed by atoms with Crippen molar-refractivity contribution < 1.29 is 4.42 Å². The van der Waals surface area contributed by atoms with Crippen LogP contribution in [-0.2, 0) is 13.1 Å². The Kier molecular flexibility index (Phi) is 4.51. The lowest BCUT2D eigenvalue weighted by Gasteiger charge is -2.34. The van der Waals surface area contributed by atoms with Crippen molar-refractivity contribution in [3.05, 3.63) is 77.3 Å². The summed E-state index contributed by atoms with van der Waals surface area (Å²) in [4.78, 5) is 8.37. The second kappa shape index (κ2) is 7.10. The van der Waals surface area contributed by atoms with E-state index in [-0.39, 0.29) is 0 Å². The first-order valence-corrected chi connectivity index (χ1v) is 8.69. The predicted molar refractivity (Wildman–Crippen MR) is 99.5 cm³/mol. The van der Waals surface area contributed by atoms with E-state index in [0.29, 0.717) is 5.69 Å². The number of furan rings is 1. The van der Waals surface area contributed by atoms with Gasteiger partial charge >= 0.3 is 0 Å². The second-order valence-corrected chi connectivity index (χ2v) is 6.58. The first kappa shape index (κ1) is 15.9. The highest BCUT2D eigenvalue weighted by molar-refractivity contribution is 5.77. The average molecular weight is 331 g/mol. The first-order chi connectivity index (χ1) is 12.3. The molecule has 0 bridgehead atoms. The molecule has 0 unspecified atom stereocenters. The lowest BCUT2D eigenvalue weighted by molar-refractivity contribution is 0.116. The molecule has 2 heterocycles. The summed E-state index contributed by atoms with van der Waals surface area (Å²) in [5.41, 5.74) is 2.96. The molecule has 126 valence electrons. The number of fused-ring (bicyclic) bond motifs is 1. The molecule has 0 atom stereocenters. The van der Waals surface area contributed by atoms with Crippen LogP contribution < -0.4 is 0 Å². The Morgan fingerprint density at radius 1 is 0.880 bits per heavy atom. The Morgan fingerprint density at radius 2 is 1.56 bits per heavy atom. The summed E-state index contributed by atoms with van der Waals surface area (Å²) in [7, 11) is 0. The van der Waals surface area contributed by atoms with Gasteiger partial charge in [0.05, 0.1) is 13.1 Å². The molecule has 0 aliphatic carbocycles. The van der Waals surface area contributed by atoms with Crippen LogP contribution in [0.4, 0.5) is 5.69 Å². The highest BCUT2D eigenvalue weighted by Gasteiger charge is 2.18. The lowest BCUT2D eigenvalue weighted by Crippen LogP contribution is -2.45. The Balaban J connectivity index is 1.31. The number of hydrogen-bond donors (Lipinski definition) is 0. The number of nitrogens with zero attached hydrogens (tertiary/aromatic N) is 3. The van der Waals surface area contributed by atoms with Crippen molar-refractivity contribution in [2.45, 2.75) is 13.1 Å². The average Bonchev–Trinajstić information content (AvgIpc) is 3.06. The number of para-hydroxylation sites is 1. The Labute approximate surface area is 148 Å². The van der Waals surface area contributed by atoms with Crippen molar-refractivity contribution in [2.24, 2.45) is 0 Å². The van der Waals surface area contributed by atoms with Gasteiger partial charge in [0.15, 0.2) is 5.69 Å². The van der Waals surface area contributed by atoms with Crippen molar-refractivity contribution in [3.63, 3.8) is 0 Å². The fourth-order valence-electron chi connectivity index (χ4n) is 3.37. The van der Waals surface area contributed by atoms with Crippen LogP contribution >= 0.6 is 0 Å². The maximum absolute atomic E-state index is 7.02. The summed E-state index contributed by atoms with van der Waals surface area (Å²) in [5, 5.41) is 1.18. The van der Waals surface area contributed by atoms with E-state index in [1.54, 1.807) is 0 Å². The minimum atomic E-state index is 0.708. The standard InChI is InChI=1S/C21H21N3O/c1-22-19-8-6-17(7-9-19)15-23-10-12-24(13-11-23)16-20-14-18-4-2-3-5-21(18)25-20/h2-9,14H,10-13,15-16H2. The summed E-state index contributed by atoms with van der Waals surface area (Å²) in [6.45, 7) is 13.1. The van der Waals surface area contributed by atoms with Crippen LogP contribution in [0.15, 0.2) is 59.0 Å². The van der Waals surface area contributed by atoms with Gasteiger partial charge in [-0.3, -0.25) is 9.80 Å². The van der Waals surface area contributed by atoms with Crippen LogP contribution in [0.2, 0.25) is 0 Å². The highest BCUT2D eigenvalue weighted by atomic mass is 16.3. The number of rotatable bonds is 4. The zero-order valence-corrected chi connectivity index (χ0v) is 14.2. The van der Waals surface area contributed by atoms with Crippen molar-refractivity contribution in [2.75, 3.05) is 26.2 Å². The van der Waals surface area contributed by atoms with E-state index in [9.17, 15) is 0 Å². The van der Waals surface area contributed by atoms with Gasteiger partial charge in [0.1, 0.15) is 11.3 Å². The molecule has 4 nitrogen and oxygen atoms in total. The SMILES string of the molecule is [C-]#[N+]c1ccc(CN2CCN(Cc3cc4ccccc4o3)CC2)cc1. The summed E-state index contributed by atoms with van der Waals surface area (Å²) in [6, 6.07) is 18.3. The maximum atomic E-state index is 7.02. The van der Waals surface area contributed by atoms with E-state index in [0.717, 1.165) is 50.6 Å². The van der Waals surface area contributed by atoms with Gasteiger partial charge in [0, 0.05) is 38.1 Å². The van der Waals surface area contributed by atoms with Gasteiger partial charge in [-0.05, 0) is 17.7 Å². The third-order valence-corrected chi connectivity index (χ3v) is 4.79. The number of benzene rings is 2. The molecular formula is C21H21N3O. The van der Waals surface area contributed by atoms with Crippen molar-refractivity contribution in [3.8, 4) is 0 Å². The monoisotopic (exact) mass is 331 g/mol. The van der Waals surface area contributed by atoms with Crippen LogP contribution in [0.25, 0.3) is 15.8 Å². The smallest absolute Gasteiger partial charge is 0.187 e. The minimum Gasteiger partial charge on any atom is -0.460 e. The molecule has 0 saturated carbocycles. The topological polar surface area (TPSA) is 24.0 Å². The third kappa shape index (κ3) is 3.74. The molecule has 0 amide bonds. The molecule has 25 heavy (non-hydrogen) atoms. The van der Waals surface area contributed by atoms with Gasteiger partial charge in [0.2, 0.25) is 0 Å². The van der Waals surface area contributed by atoms with Crippen LogP contribution in [0.5, 0.6) is 0 Å². The molecule has 1 fully saturated rings. The van der Waals surface area contributed by atoms with Gasteiger partial charge in [0.25, 0.3) is 0 Å². The van der Waals surface area contributed by atoms with Crippen LogP contribution in [0.3, 0.4) is 0 Å². The molecule has 1 aliphatic heterocycles. The van der Waals surface area contributed by atoms with Gasteiger partial charge in [-0.1, -0.05) is 42.5 Å². The van der Waals surface area contributed by atoms with E-state index in [4.69, 9.17) is 11.0 Å². The van der Waals surface area contributed by atoms with E-state index in [2.05, 4.69) is 38.9 Å². The molecule has 1 aliphatic rings. The molecule has 1 saturated heterocycles. The molecule has 1 aromatic heterocycles. The highest BCUT2D eigenvalue weighted by Crippen LogP contribution is 2.21. The van der Waals surface area contributed by atoms with E-state index < -0.39 is 0 Å². The fourth-order valence-corrected chi connectivity index (χ4v) is 3.37. The lowest BCUT2D eigenvalue weighted by atomic mass is 10.2. The van der Waals surface area contributed by atoms with Crippen molar-refractivity contribution in [1.82, 2.24) is 9.80 Å². The molecule has 2 aromatic carbocycles. The minimum absolute atomic E-state index is 0.708. The molecule has 0 N–H and O–H groups in total. The quantitative estimate of drug-likeness (QED) is 0.666. The van der Waals surface area contributed by atoms with Crippen molar-refractivity contribution >= 4 is 16.7 Å². The molecule has 0 spiro atoms. The van der Waals surface area contributed by atoms with Crippen LogP contribution in [0, 0.1) is 6.57 Å². The summed E-state index contributed by atoms with van der Waals surface area (Å²) in [5.74, 6) is 1.05. The second-order valence-electron chi connectivity index (χ2n) is 6.58. The molecule has 4 rings (SSSR count). The first-order valence-electron chi connectivity index (χ1n) is 8.69. The molecule has 4 heteroatoms. The maximum Gasteiger partial charge on any atom is 0.187 e. The zero-order chi connectivity index (χ0) is 17.1. The van der Waals surface area contributed by atoms with Gasteiger partial charge in [-0.15, -0.1) is 0 Å². The van der Waals surface area contributed by atoms with Crippen LogP contribution in [0.1, 0.15) is 11.3 Å². The van der Waals surface area contributed by atoms with E-state index in [1.165, 1.54) is 10.9 Å². The Morgan fingerprint density at radius 3 is 2.24 bits per heavy atom. The molecule has 0 radical (unpaired) electrons. The van der Waals surface area contributed by atoms with Crippen molar-refractivity contribution in [1.29, 1.82) is 0 Å². The number of piperazine rings is 1. The van der Waals surface area contributed by atoms with Gasteiger partial charge < -0.3 is 4.42 Å². The fraction of sp³-hybridized carbons (Fsp3) is 0.286. The summed E-state index contributed by atoms with van der Waals surface area (Å²) < 4.78 is 5.94. The summed E-state index contributed by atoms with van der Waals surface area (Å²) >= 11 is 0. The third-order valence-electron chi connectivity index (χ3n) is 4.79. The molecular weight excluding hydrogens is 310 g/mol. The van der Waals surface area contributed by atoms with Gasteiger partial charge in [-0.25, -0.2) is 4.85 Å². The van der Waals surface area contributed by atoms with E-state index >= 15 is 0 Å². The Bertz CT molecular complexity index is 850. The zero-order valence-electron chi connectivity index (χ0n) is 14.2. The van der Waals surface area contributed by atoms with Crippen LogP contribution in [-0.4, -0.2) is 36.0 Å². The predicted octanol–water partition coefficient (Wildman–Crippen LogP) is 4.30. The van der Waals surface area contributed by atoms with Gasteiger partial charge in [-0.2, -0.15) is 0 Å². The normalized spacial score (nSPS) is 16.1. The largest absolute Gasteiger partial charge is 0.460 e. The number of hydrogen-bond acceptors (Lipinski definition) is 3. The Hall–Kier alpha value is -2.61. The molecule has 3 aromatic rings.